The number of nitrogens with two attached hydrogens (primary N) is 1. The molecule has 0 aromatic carbocycles. The molecule has 2 unspecified atom stereocenters. The van der Waals surface area contributed by atoms with E-state index in [1.54, 1.807) is 0 Å². The molecular weight excluding hydrogens is 160 g/mol. The number of piperidine rings is 1. The molecular formula is C11H22N2. The number of nitrogens with zero attached hydrogens (tertiary/aromatic N) is 1. The van der Waals surface area contributed by atoms with Crippen LogP contribution in [0, 0.1) is 5.92 Å². The van der Waals surface area contributed by atoms with Crippen LogP contribution in [0.3, 0.4) is 0 Å². The summed E-state index contributed by atoms with van der Waals surface area (Å²) in [5.74, 6) is 0.723. The van der Waals surface area contributed by atoms with Gasteiger partial charge in [-0.05, 0) is 38.6 Å². The van der Waals surface area contributed by atoms with E-state index in [1.165, 1.54) is 19.4 Å². The minimum Gasteiger partial charge on any atom is -0.330 e. The average molecular weight is 182 g/mol. The van der Waals surface area contributed by atoms with E-state index >= 15 is 0 Å². The first-order valence-corrected chi connectivity index (χ1v) is 5.33. The molecule has 2 nitrogen and oxygen atoms in total. The van der Waals surface area contributed by atoms with Gasteiger partial charge in [0, 0.05) is 19.1 Å². The van der Waals surface area contributed by atoms with E-state index in [0.717, 1.165) is 31.5 Å². The third kappa shape index (κ3) is 3.12. The van der Waals surface area contributed by atoms with Gasteiger partial charge in [-0.15, -0.1) is 6.58 Å². The van der Waals surface area contributed by atoms with Crippen LogP contribution in [0.1, 0.15) is 26.2 Å². The van der Waals surface area contributed by atoms with Crippen molar-refractivity contribution >= 4 is 0 Å². The molecule has 1 rings (SSSR count). The molecule has 1 saturated heterocycles. The lowest BCUT2D eigenvalue weighted by molar-refractivity contribution is 0.123. The molecule has 0 aliphatic carbocycles. The molecule has 0 aromatic heterocycles. The largest absolute Gasteiger partial charge is 0.330 e. The van der Waals surface area contributed by atoms with Crippen molar-refractivity contribution in [1.29, 1.82) is 0 Å². The van der Waals surface area contributed by atoms with Crippen LogP contribution >= 0.6 is 0 Å². The first-order valence-electron chi connectivity index (χ1n) is 5.33. The summed E-state index contributed by atoms with van der Waals surface area (Å²) >= 11 is 0. The minimum absolute atomic E-state index is 0.723. The Balaban J connectivity index is 2.35. The van der Waals surface area contributed by atoms with Crippen molar-refractivity contribution in [3.63, 3.8) is 0 Å². The molecule has 76 valence electrons. The van der Waals surface area contributed by atoms with E-state index in [9.17, 15) is 0 Å². The Morgan fingerprint density at radius 3 is 2.92 bits per heavy atom. The lowest BCUT2D eigenvalue weighted by atomic mass is 9.93. The third-order valence-corrected chi connectivity index (χ3v) is 3.06. The van der Waals surface area contributed by atoms with E-state index in [-0.39, 0.29) is 0 Å². The van der Waals surface area contributed by atoms with Crippen LogP contribution in [0.4, 0.5) is 0 Å². The van der Waals surface area contributed by atoms with Crippen LogP contribution in [-0.4, -0.2) is 30.6 Å². The summed E-state index contributed by atoms with van der Waals surface area (Å²) in [6.07, 6.45) is 5.71. The maximum atomic E-state index is 5.69. The predicted octanol–water partition coefficient (Wildman–Crippen LogP) is 1.62. The topological polar surface area (TPSA) is 29.3 Å². The summed E-state index contributed by atoms with van der Waals surface area (Å²) in [5, 5.41) is 0. The molecule has 0 bridgehead atoms. The SMILES string of the molecule is C=CCCN1CC(CN)CCC1C. The van der Waals surface area contributed by atoms with Gasteiger partial charge in [0.25, 0.3) is 0 Å². The van der Waals surface area contributed by atoms with E-state index in [1.807, 2.05) is 6.08 Å². The molecule has 0 aromatic rings. The summed E-state index contributed by atoms with van der Waals surface area (Å²) < 4.78 is 0. The average Bonchev–Trinajstić information content (AvgIpc) is 2.17. The standard InChI is InChI=1S/C11H22N2/c1-3-4-7-13-9-11(8-12)6-5-10(13)2/h3,10-11H,1,4-9,12H2,2H3. The zero-order valence-corrected chi connectivity index (χ0v) is 8.71. The first kappa shape index (κ1) is 10.7. The van der Waals surface area contributed by atoms with Crippen LogP contribution < -0.4 is 5.73 Å². The fourth-order valence-corrected chi connectivity index (χ4v) is 2.02. The van der Waals surface area contributed by atoms with Gasteiger partial charge in [-0.2, -0.15) is 0 Å². The van der Waals surface area contributed by atoms with Gasteiger partial charge >= 0.3 is 0 Å². The lowest BCUT2D eigenvalue weighted by Crippen LogP contribution is -2.44. The van der Waals surface area contributed by atoms with Gasteiger partial charge in [0.15, 0.2) is 0 Å². The highest BCUT2D eigenvalue weighted by Gasteiger charge is 2.23. The van der Waals surface area contributed by atoms with Crippen molar-refractivity contribution in [3.05, 3.63) is 12.7 Å². The van der Waals surface area contributed by atoms with Crippen molar-refractivity contribution in [2.24, 2.45) is 11.7 Å². The van der Waals surface area contributed by atoms with Crippen LogP contribution in [0.25, 0.3) is 0 Å². The van der Waals surface area contributed by atoms with Crippen LogP contribution in [0.2, 0.25) is 0 Å². The summed E-state index contributed by atoms with van der Waals surface area (Å²) in [6.45, 7) is 9.26. The zero-order chi connectivity index (χ0) is 9.68. The Hall–Kier alpha value is -0.340. The van der Waals surface area contributed by atoms with Gasteiger partial charge in [-0.3, -0.25) is 0 Å². The molecule has 2 N–H and O–H groups in total. The Morgan fingerprint density at radius 1 is 1.54 bits per heavy atom. The third-order valence-electron chi connectivity index (χ3n) is 3.06. The van der Waals surface area contributed by atoms with Gasteiger partial charge in [0.2, 0.25) is 0 Å². The number of hydrogen-bond acceptors (Lipinski definition) is 2. The van der Waals surface area contributed by atoms with Crippen molar-refractivity contribution in [2.75, 3.05) is 19.6 Å². The van der Waals surface area contributed by atoms with Gasteiger partial charge in [0.1, 0.15) is 0 Å². The van der Waals surface area contributed by atoms with Crippen LogP contribution in [0.15, 0.2) is 12.7 Å². The van der Waals surface area contributed by atoms with Crippen LogP contribution in [0.5, 0.6) is 0 Å². The van der Waals surface area contributed by atoms with E-state index in [2.05, 4.69) is 18.4 Å². The number of likely N-dealkylation sites (tertiary alicyclic amines) is 1. The first-order chi connectivity index (χ1) is 6.27. The van der Waals surface area contributed by atoms with Gasteiger partial charge in [-0.1, -0.05) is 6.08 Å². The van der Waals surface area contributed by atoms with Gasteiger partial charge in [0.05, 0.1) is 0 Å². The van der Waals surface area contributed by atoms with E-state index < -0.39 is 0 Å². The Bertz CT molecular complexity index is 156. The second-order valence-corrected chi connectivity index (χ2v) is 4.10. The second kappa shape index (κ2) is 5.40. The summed E-state index contributed by atoms with van der Waals surface area (Å²) in [5.41, 5.74) is 5.69. The highest BCUT2D eigenvalue weighted by Crippen LogP contribution is 2.20. The zero-order valence-electron chi connectivity index (χ0n) is 8.71. The number of hydrogen-bond donors (Lipinski definition) is 1. The van der Waals surface area contributed by atoms with Crippen molar-refractivity contribution in [3.8, 4) is 0 Å². The summed E-state index contributed by atoms with van der Waals surface area (Å²) in [7, 11) is 0. The monoisotopic (exact) mass is 182 g/mol. The van der Waals surface area contributed by atoms with E-state index in [4.69, 9.17) is 5.73 Å². The normalized spacial score (nSPS) is 30.3. The predicted molar refractivity (Wildman–Crippen MR) is 57.6 cm³/mol. The Kier molecular flexibility index (Phi) is 4.46. The van der Waals surface area contributed by atoms with Crippen LogP contribution in [-0.2, 0) is 0 Å². The molecule has 1 fully saturated rings. The molecule has 13 heavy (non-hydrogen) atoms. The van der Waals surface area contributed by atoms with Crippen molar-refractivity contribution in [1.82, 2.24) is 4.90 Å². The van der Waals surface area contributed by atoms with Gasteiger partial charge < -0.3 is 10.6 Å². The summed E-state index contributed by atoms with van der Waals surface area (Å²) in [4.78, 5) is 2.54. The fourth-order valence-electron chi connectivity index (χ4n) is 2.02. The molecule has 1 aliphatic heterocycles. The molecule has 2 atom stereocenters. The molecule has 0 saturated carbocycles. The molecule has 0 radical (unpaired) electrons. The second-order valence-electron chi connectivity index (χ2n) is 4.10. The molecule has 0 spiro atoms. The molecule has 1 heterocycles. The maximum absolute atomic E-state index is 5.69. The summed E-state index contributed by atoms with van der Waals surface area (Å²) in [6, 6.07) is 0.739. The fraction of sp³-hybridized carbons (Fsp3) is 0.818. The van der Waals surface area contributed by atoms with Crippen molar-refractivity contribution in [2.45, 2.75) is 32.2 Å². The van der Waals surface area contributed by atoms with Gasteiger partial charge in [-0.25, -0.2) is 0 Å². The number of rotatable bonds is 4. The quantitative estimate of drug-likeness (QED) is 0.669. The lowest BCUT2D eigenvalue weighted by Gasteiger charge is -2.37. The highest BCUT2D eigenvalue weighted by molar-refractivity contribution is 4.81. The molecule has 2 heteroatoms. The minimum atomic E-state index is 0.723. The maximum Gasteiger partial charge on any atom is 0.00672 e. The smallest absolute Gasteiger partial charge is 0.00672 e. The van der Waals surface area contributed by atoms with Crippen molar-refractivity contribution < 1.29 is 0 Å². The highest BCUT2D eigenvalue weighted by atomic mass is 15.2. The van der Waals surface area contributed by atoms with E-state index in [0.29, 0.717) is 0 Å². The Labute approximate surface area is 81.8 Å². The molecule has 1 aliphatic rings. The molecule has 0 amide bonds. The Morgan fingerprint density at radius 2 is 2.31 bits per heavy atom.